The summed E-state index contributed by atoms with van der Waals surface area (Å²) >= 11 is 1.18. The van der Waals surface area contributed by atoms with Gasteiger partial charge in [0.15, 0.2) is 16.3 Å². The Morgan fingerprint density at radius 1 is 1.03 bits per heavy atom. The van der Waals surface area contributed by atoms with E-state index in [0.717, 1.165) is 9.60 Å². The Morgan fingerprint density at radius 3 is 2.32 bits per heavy atom. The predicted octanol–water partition coefficient (Wildman–Crippen LogP) is 1.76. The maximum Gasteiger partial charge on any atom is 0.326 e. The Hall–Kier alpha value is -3.99. The fourth-order valence-corrected chi connectivity index (χ4v) is 4.90. The van der Waals surface area contributed by atoms with Crippen LogP contribution in [0.1, 0.15) is 27.6 Å². The largest absolute Gasteiger partial charge is 0.486 e. The molecule has 5 rings (SSSR count). The maximum absolute atomic E-state index is 12.8. The number of carbonyl (C=O) groups is 4. The number of carbonyl (C=O) groups excluding carboxylic acids is 4. The van der Waals surface area contributed by atoms with E-state index >= 15 is 0 Å². The molecule has 1 aromatic heterocycles. The zero-order valence-electron chi connectivity index (χ0n) is 18.1. The van der Waals surface area contributed by atoms with E-state index < -0.39 is 30.2 Å². The van der Waals surface area contributed by atoms with Gasteiger partial charge in [-0.3, -0.25) is 24.1 Å². The molecule has 0 radical (unpaired) electrons. The highest BCUT2D eigenvalue weighted by Gasteiger charge is 2.36. The molecule has 0 bridgehead atoms. The third kappa shape index (κ3) is 3.83. The molecule has 0 aliphatic carbocycles. The highest BCUT2D eigenvalue weighted by molar-refractivity contribution is 7.16. The van der Waals surface area contributed by atoms with Crippen LogP contribution in [0.25, 0.3) is 10.2 Å². The molecule has 0 unspecified atom stereocenters. The van der Waals surface area contributed by atoms with E-state index in [9.17, 15) is 19.2 Å². The molecule has 0 saturated heterocycles. The van der Waals surface area contributed by atoms with Crippen LogP contribution in [0.4, 0.5) is 0 Å². The molecule has 0 N–H and O–H groups in total. The van der Waals surface area contributed by atoms with Crippen molar-refractivity contribution < 1.29 is 33.4 Å². The third-order valence-corrected chi connectivity index (χ3v) is 6.37. The number of thiazole rings is 1. The minimum Gasteiger partial charge on any atom is -0.486 e. The average molecular weight is 481 g/mol. The van der Waals surface area contributed by atoms with Crippen LogP contribution in [-0.4, -0.2) is 59.5 Å². The van der Waals surface area contributed by atoms with Crippen LogP contribution in [-0.2, 0) is 20.9 Å². The van der Waals surface area contributed by atoms with E-state index in [4.69, 9.17) is 14.2 Å². The van der Waals surface area contributed by atoms with Gasteiger partial charge in [0.05, 0.1) is 28.0 Å². The third-order valence-electron chi connectivity index (χ3n) is 5.33. The van der Waals surface area contributed by atoms with Gasteiger partial charge in [0, 0.05) is 12.1 Å². The second-order valence-corrected chi connectivity index (χ2v) is 8.50. The average Bonchev–Trinajstić information content (AvgIpc) is 3.27. The number of hydrogen-bond acceptors (Lipinski definition) is 8. The molecule has 174 valence electrons. The van der Waals surface area contributed by atoms with Crippen LogP contribution in [0.3, 0.4) is 0 Å². The number of esters is 1. The van der Waals surface area contributed by atoms with Crippen molar-refractivity contribution in [3.8, 4) is 11.5 Å². The minimum atomic E-state index is -0.698. The van der Waals surface area contributed by atoms with Crippen LogP contribution in [0, 0.1) is 0 Å². The Bertz CT molecular complexity index is 1390. The van der Waals surface area contributed by atoms with Gasteiger partial charge in [-0.15, -0.1) is 0 Å². The first kappa shape index (κ1) is 21.8. The van der Waals surface area contributed by atoms with E-state index in [-0.39, 0.29) is 29.1 Å². The first-order valence-electron chi connectivity index (χ1n) is 10.6. The van der Waals surface area contributed by atoms with Crippen molar-refractivity contribution in [2.75, 3.05) is 26.4 Å². The number of ether oxygens (including phenoxy) is 3. The molecule has 10 nitrogen and oxygen atoms in total. The second-order valence-electron chi connectivity index (χ2n) is 7.49. The van der Waals surface area contributed by atoms with E-state index in [1.807, 2.05) is 0 Å². The normalized spacial score (nSPS) is 15.1. The highest BCUT2D eigenvalue weighted by atomic mass is 32.1. The molecule has 2 aliphatic rings. The molecule has 0 saturated carbocycles. The quantitative estimate of drug-likeness (QED) is 0.403. The van der Waals surface area contributed by atoms with Gasteiger partial charge in [-0.05, 0) is 19.1 Å². The summed E-state index contributed by atoms with van der Waals surface area (Å²) in [7, 11) is 0. The molecule has 2 aliphatic heterocycles. The Kier molecular flexibility index (Phi) is 5.62. The van der Waals surface area contributed by atoms with Crippen LogP contribution < -0.4 is 14.3 Å². The number of imide groups is 1. The molecule has 0 fully saturated rings. The van der Waals surface area contributed by atoms with Gasteiger partial charge in [-0.1, -0.05) is 23.5 Å². The monoisotopic (exact) mass is 481 g/mol. The summed E-state index contributed by atoms with van der Waals surface area (Å²) in [5.74, 6) is -1.18. The first-order chi connectivity index (χ1) is 16.5. The fraction of sp³-hybridized carbons (Fsp3) is 0.261. The van der Waals surface area contributed by atoms with Gasteiger partial charge in [0.2, 0.25) is 0 Å². The van der Waals surface area contributed by atoms with Crippen LogP contribution in [0.2, 0.25) is 0 Å². The van der Waals surface area contributed by atoms with Crippen molar-refractivity contribution in [2.24, 2.45) is 4.99 Å². The van der Waals surface area contributed by atoms with Gasteiger partial charge in [0.25, 0.3) is 17.7 Å². The number of aromatic nitrogens is 1. The standard InChI is InChI=1S/C23H19N3O7S/c1-2-31-20(28)12-25-15-9-16-17(33-8-7-32-16)10-18(15)34-23(25)24-19(27)11-26-21(29)13-5-3-4-6-14(13)22(26)30/h3-6,9-10H,2,7-8,11-12H2,1H3. The summed E-state index contributed by atoms with van der Waals surface area (Å²) in [5, 5.41) is 0. The Balaban J connectivity index is 1.51. The van der Waals surface area contributed by atoms with Gasteiger partial charge in [-0.2, -0.15) is 4.99 Å². The van der Waals surface area contributed by atoms with Crippen LogP contribution in [0.15, 0.2) is 41.4 Å². The number of benzene rings is 2. The van der Waals surface area contributed by atoms with Gasteiger partial charge < -0.3 is 18.8 Å². The lowest BCUT2D eigenvalue weighted by Crippen LogP contribution is -2.35. The maximum atomic E-state index is 12.8. The highest BCUT2D eigenvalue weighted by Crippen LogP contribution is 2.35. The summed E-state index contributed by atoms with van der Waals surface area (Å²) in [4.78, 5) is 55.5. The van der Waals surface area contributed by atoms with Crippen molar-refractivity contribution in [3.05, 3.63) is 52.3 Å². The van der Waals surface area contributed by atoms with Gasteiger partial charge in [-0.25, -0.2) is 0 Å². The molecule has 3 heterocycles. The smallest absolute Gasteiger partial charge is 0.326 e. The molecule has 11 heteroatoms. The zero-order chi connectivity index (χ0) is 23.8. The summed E-state index contributed by atoms with van der Waals surface area (Å²) in [5.41, 5.74) is 1.13. The number of nitrogens with zero attached hydrogens (tertiary/aromatic N) is 3. The molecule has 3 amide bonds. The van der Waals surface area contributed by atoms with Crippen molar-refractivity contribution in [2.45, 2.75) is 13.5 Å². The van der Waals surface area contributed by atoms with E-state index in [1.165, 1.54) is 11.3 Å². The van der Waals surface area contributed by atoms with Gasteiger partial charge in [0.1, 0.15) is 26.3 Å². The van der Waals surface area contributed by atoms with E-state index in [0.29, 0.717) is 30.2 Å². The Morgan fingerprint density at radius 2 is 1.68 bits per heavy atom. The summed E-state index contributed by atoms with van der Waals surface area (Å²) in [6.07, 6.45) is 0. The Labute approximate surface area is 197 Å². The van der Waals surface area contributed by atoms with Gasteiger partial charge >= 0.3 is 5.97 Å². The van der Waals surface area contributed by atoms with Crippen molar-refractivity contribution in [3.63, 3.8) is 0 Å². The molecule has 34 heavy (non-hydrogen) atoms. The lowest BCUT2D eigenvalue weighted by atomic mass is 10.1. The molecule has 3 aromatic rings. The summed E-state index contributed by atoms with van der Waals surface area (Å²) in [6.45, 7) is 2.04. The topological polar surface area (TPSA) is 116 Å². The van der Waals surface area contributed by atoms with Crippen molar-refractivity contribution in [1.82, 2.24) is 9.47 Å². The number of fused-ring (bicyclic) bond motifs is 3. The number of hydrogen-bond donors (Lipinski definition) is 0. The molecule has 2 aromatic carbocycles. The summed E-state index contributed by atoms with van der Waals surface area (Å²) < 4.78 is 18.6. The van der Waals surface area contributed by atoms with Crippen LogP contribution in [0.5, 0.6) is 11.5 Å². The molecule has 0 atom stereocenters. The van der Waals surface area contributed by atoms with Crippen molar-refractivity contribution >= 4 is 45.2 Å². The second kappa shape index (κ2) is 8.75. The lowest BCUT2D eigenvalue weighted by molar-refractivity contribution is -0.143. The zero-order valence-corrected chi connectivity index (χ0v) is 18.9. The SMILES string of the molecule is CCOC(=O)Cn1c(=NC(=O)CN2C(=O)c3ccccc3C2=O)sc2cc3c(cc21)OCCO3. The van der Waals surface area contributed by atoms with Crippen molar-refractivity contribution in [1.29, 1.82) is 0 Å². The number of rotatable bonds is 5. The van der Waals surface area contributed by atoms with Crippen LogP contribution >= 0.6 is 11.3 Å². The minimum absolute atomic E-state index is 0.174. The number of amides is 3. The van der Waals surface area contributed by atoms with E-state index in [2.05, 4.69) is 4.99 Å². The molecular formula is C23H19N3O7S. The fourth-order valence-electron chi connectivity index (χ4n) is 3.84. The molecule has 0 spiro atoms. The van der Waals surface area contributed by atoms with E-state index in [1.54, 1.807) is 47.9 Å². The first-order valence-corrected chi connectivity index (χ1v) is 11.4. The lowest BCUT2D eigenvalue weighted by Gasteiger charge is -2.18. The summed E-state index contributed by atoms with van der Waals surface area (Å²) in [6, 6.07) is 9.90. The predicted molar refractivity (Wildman–Crippen MR) is 120 cm³/mol. The molecular weight excluding hydrogens is 462 g/mol.